The summed E-state index contributed by atoms with van der Waals surface area (Å²) in [5.74, 6) is 0.868. The molecule has 0 nitrogen and oxygen atoms in total. The van der Waals surface area contributed by atoms with Crippen LogP contribution in [-0.2, 0) is 0 Å². The summed E-state index contributed by atoms with van der Waals surface area (Å²) in [5.41, 5.74) is 0.559. The van der Waals surface area contributed by atoms with Gasteiger partial charge in [-0.3, -0.25) is 0 Å². The zero-order chi connectivity index (χ0) is 8.20. The summed E-state index contributed by atoms with van der Waals surface area (Å²) in [4.78, 5) is 0. The maximum atomic E-state index is 2.38. The van der Waals surface area contributed by atoms with Gasteiger partial charge in [-0.2, -0.15) is 0 Å². The molecule has 0 aromatic carbocycles. The van der Waals surface area contributed by atoms with Crippen molar-refractivity contribution in [2.24, 2.45) is 11.3 Å². The first-order chi connectivity index (χ1) is 4.54. The van der Waals surface area contributed by atoms with Crippen molar-refractivity contribution in [3.63, 3.8) is 0 Å². The lowest BCUT2D eigenvalue weighted by molar-refractivity contribution is 0.204. The van der Waals surface area contributed by atoms with E-state index in [2.05, 4.69) is 34.6 Å². The van der Waals surface area contributed by atoms with Crippen molar-refractivity contribution < 1.29 is 0 Å². The highest BCUT2D eigenvalue weighted by Gasteiger charge is 2.22. The summed E-state index contributed by atoms with van der Waals surface area (Å²) in [6.45, 7) is 11.7. The Morgan fingerprint density at radius 3 is 2.00 bits per heavy atom. The van der Waals surface area contributed by atoms with Gasteiger partial charge in [0.2, 0.25) is 0 Å². The molecule has 0 bridgehead atoms. The molecule has 0 heterocycles. The molecule has 1 unspecified atom stereocenters. The minimum Gasteiger partial charge on any atom is -0.0654 e. The normalized spacial score (nSPS) is 15.3. The quantitative estimate of drug-likeness (QED) is 0.559. The van der Waals surface area contributed by atoms with E-state index in [9.17, 15) is 0 Å². The Balaban J connectivity index is 3.82. The summed E-state index contributed by atoms with van der Waals surface area (Å²) in [7, 11) is 0. The van der Waals surface area contributed by atoms with Crippen LogP contribution in [0.3, 0.4) is 0 Å². The third-order valence-corrected chi connectivity index (χ3v) is 2.84. The molecule has 0 aliphatic heterocycles. The first kappa shape index (κ1) is 10.0. The van der Waals surface area contributed by atoms with Crippen LogP contribution in [0.25, 0.3) is 0 Å². The fourth-order valence-electron chi connectivity index (χ4n) is 1.44. The standard InChI is InChI=1S/C10H22/c1-6-8-10(4,5)9(3)7-2/h9H,6-8H2,1-5H3. The molecule has 0 aliphatic carbocycles. The van der Waals surface area contributed by atoms with Gasteiger partial charge < -0.3 is 0 Å². The predicted octanol–water partition coefficient (Wildman–Crippen LogP) is 3.86. The second-order valence-electron chi connectivity index (χ2n) is 4.05. The molecular weight excluding hydrogens is 120 g/mol. The lowest BCUT2D eigenvalue weighted by atomic mass is 9.75. The molecule has 0 rings (SSSR count). The minimum absolute atomic E-state index is 0.559. The van der Waals surface area contributed by atoms with Gasteiger partial charge in [0.25, 0.3) is 0 Å². The van der Waals surface area contributed by atoms with Crippen LogP contribution in [0.2, 0.25) is 0 Å². The zero-order valence-electron chi connectivity index (χ0n) is 8.20. The Morgan fingerprint density at radius 1 is 1.20 bits per heavy atom. The largest absolute Gasteiger partial charge is 0.0654 e. The van der Waals surface area contributed by atoms with Crippen molar-refractivity contribution in [1.82, 2.24) is 0 Å². The topological polar surface area (TPSA) is 0 Å². The molecule has 10 heavy (non-hydrogen) atoms. The molecule has 0 aromatic heterocycles. The molecule has 0 saturated heterocycles. The third-order valence-electron chi connectivity index (χ3n) is 2.84. The van der Waals surface area contributed by atoms with Crippen LogP contribution in [-0.4, -0.2) is 0 Å². The summed E-state index contributed by atoms with van der Waals surface area (Å²) >= 11 is 0. The predicted molar refractivity (Wildman–Crippen MR) is 48.1 cm³/mol. The smallest absolute Gasteiger partial charge is 0.0329 e. The molecule has 0 aliphatic rings. The van der Waals surface area contributed by atoms with Crippen molar-refractivity contribution in [3.8, 4) is 0 Å². The van der Waals surface area contributed by atoms with E-state index in [1.807, 2.05) is 0 Å². The van der Waals surface area contributed by atoms with Gasteiger partial charge in [-0.15, -0.1) is 0 Å². The monoisotopic (exact) mass is 142 g/mol. The fraction of sp³-hybridized carbons (Fsp3) is 1.00. The number of hydrogen-bond donors (Lipinski definition) is 0. The molecule has 0 heteroatoms. The third kappa shape index (κ3) is 2.72. The first-order valence-corrected chi connectivity index (χ1v) is 4.54. The summed E-state index contributed by atoms with van der Waals surface area (Å²) < 4.78 is 0. The molecule has 0 aromatic rings. The van der Waals surface area contributed by atoms with Crippen LogP contribution < -0.4 is 0 Å². The second-order valence-corrected chi connectivity index (χ2v) is 4.05. The number of hydrogen-bond acceptors (Lipinski definition) is 0. The fourth-order valence-corrected chi connectivity index (χ4v) is 1.44. The highest BCUT2D eigenvalue weighted by molar-refractivity contribution is 4.73. The molecular formula is C10H22. The molecule has 62 valence electrons. The summed E-state index contributed by atoms with van der Waals surface area (Å²) in [6.07, 6.45) is 3.99. The van der Waals surface area contributed by atoms with Crippen LogP contribution in [0.4, 0.5) is 0 Å². The highest BCUT2D eigenvalue weighted by Crippen LogP contribution is 2.33. The van der Waals surface area contributed by atoms with E-state index in [0.717, 1.165) is 5.92 Å². The lowest BCUT2D eigenvalue weighted by Crippen LogP contribution is -2.20. The SMILES string of the molecule is CCCC(C)(C)C(C)CC. The van der Waals surface area contributed by atoms with Crippen LogP contribution in [0.15, 0.2) is 0 Å². The Kier molecular flexibility index (Phi) is 4.00. The van der Waals surface area contributed by atoms with E-state index in [0.29, 0.717) is 5.41 Å². The van der Waals surface area contributed by atoms with Gasteiger partial charge in [0.15, 0.2) is 0 Å². The van der Waals surface area contributed by atoms with Gasteiger partial charge in [-0.05, 0) is 17.8 Å². The second kappa shape index (κ2) is 4.00. The molecule has 0 amide bonds. The Morgan fingerprint density at radius 2 is 1.70 bits per heavy atom. The van der Waals surface area contributed by atoms with Crippen LogP contribution in [0.5, 0.6) is 0 Å². The Labute approximate surface area is 66.0 Å². The molecule has 0 N–H and O–H groups in total. The molecule has 0 saturated carbocycles. The lowest BCUT2D eigenvalue weighted by Gasteiger charge is -2.30. The zero-order valence-corrected chi connectivity index (χ0v) is 8.20. The average molecular weight is 142 g/mol. The first-order valence-electron chi connectivity index (χ1n) is 4.54. The van der Waals surface area contributed by atoms with Crippen molar-refractivity contribution >= 4 is 0 Å². The van der Waals surface area contributed by atoms with Gasteiger partial charge >= 0.3 is 0 Å². The Bertz CT molecular complexity index is 82.0. The van der Waals surface area contributed by atoms with E-state index < -0.39 is 0 Å². The van der Waals surface area contributed by atoms with Crippen molar-refractivity contribution in [1.29, 1.82) is 0 Å². The van der Waals surface area contributed by atoms with Gasteiger partial charge in [0, 0.05) is 0 Å². The molecule has 0 radical (unpaired) electrons. The van der Waals surface area contributed by atoms with Crippen molar-refractivity contribution in [3.05, 3.63) is 0 Å². The molecule has 0 fully saturated rings. The van der Waals surface area contributed by atoms with Crippen LogP contribution >= 0.6 is 0 Å². The minimum atomic E-state index is 0.559. The maximum Gasteiger partial charge on any atom is -0.0329 e. The summed E-state index contributed by atoms with van der Waals surface area (Å²) in [5, 5.41) is 0. The van der Waals surface area contributed by atoms with E-state index >= 15 is 0 Å². The number of rotatable bonds is 4. The van der Waals surface area contributed by atoms with E-state index in [1.165, 1.54) is 19.3 Å². The van der Waals surface area contributed by atoms with Crippen molar-refractivity contribution in [2.75, 3.05) is 0 Å². The molecule has 1 atom stereocenters. The van der Waals surface area contributed by atoms with Gasteiger partial charge in [0.1, 0.15) is 0 Å². The maximum absolute atomic E-state index is 2.38. The van der Waals surface area contributed by atoms with Gasteiger partial charge in [-0.25, -0.2) is 0 Å². The highest BCUT2D eigenvalue weighted by atomic mass is 14.3. The van der Waals surface area contributed by atoms with Crippen LogP contribution in [0.1, 0.15) is 53.9 Å². The van der Waals surface area contributed by atoms with E-state index in [-0.39, 0.29) is 0 Å². The molecule has 0 spiro atoms. The average Bonchev–Trinajstić information content (AvgIpc) is 1.86. The van der Waals surface area contributed by atoms with Crippen LogP contribution in [0, 0.1) is 11.3 Å². The van der Waals surface area contributed by atoms with E-state index in [4.69, 9.17) is 0 Å². The summed E-state index contributed by atoms with van der Waals surface area (Å²) in [6, 6.07) is 0. The van der Waals surface area contributed by atoms with E-state index in [1.54, 1.807) is 0 Å². The van der Waals surface area contributed by atoms with Crippen molar-refractivity contribution in [2.45, 2.75) is 53.9 Å². The van der Waals surface area contributed by atoms with Gasteiger partial charge in [0.05, 0.1) is 0 Å². The van der Waals surface area contributed by atoms with Gasteiger partial charge in [-0.1, -0.05) is 47.5 Å². The Hall–Kier alpha value is 0.